The number of nitrogens with zero attached hydrogens (tertiary/aromatic N) is 3. The minimum absolute atomic E-state index is 0.00809. The Balaban J connectivity index is 1.43. The fourth-order valence-electron chi connectivity index (χ4n) is 4.62. The van der Waals surface area contributed by atoms with Gasteiger partial charge in [0.2, 0.25) is 11.8 Å². The van der Waals surface area contributed by atoms with Crippen molar-refractivity contribution >= 4 is 11.8 Å². The molecule has 1 N–H and O–H groups in total. The topological polar surface area (TPSA) is 78.5 Å². The molecular formula is C22H28N4O3. The molecule has 1 aromatic heterocycles. The van der Waals surface area contributed by atoms with Gasteiger partial charge in [-0.15, -0.1) is 0 Å². The van der Waals surface area contributed by atoms with Gasteiger partial charge in [0.15, 0.2) is 0 Å². The number of likely N-dealkylation sites (tertiary alicyclic amines) is 1. The lowest BCUT2D eigenvalue weighted by atomic mass is 9.83. The average Bonchev–Trinajstić information content (AvgIpc) is 3.23. The van der Waals surface area contributed by atoms with E-state index in [0.717, 1.165) is 49.3 Å². The van der Waals surface area contributed by atoms with Crippen LogP contribution in [0.15, 0.2) is 36.7 Å². The van der Waals surface area contributed by atoms with Crippen LogP contribution in [-0.2, 0) is 27.2 Å². The Labute approximate surface area is 171 Å². The fraction of sp³-hybridized carbons (Fsp3) is 0.500. The summed E-state index contributed by atoms with van der Waals surface area (Å²) < 4.78 is 5.09. The van der Waals surface area contributed by atoms with Gasteiger partial charge in [-0.1, -0.05) is 30.3 Å². The van der Waals surface area contributed by atoms with Gasteiger partial charge in [0.25, 0.3) is 0 Å². The third kappa shape index (κ3) is 4.19. The molecule has 7 heteroatoms. The first kappa shape index (κ1) is 19.6. The molecule has 1 atom stereocenters. The summed E-state index contributed by atoms with van der Waals surface area (Å²) in [5.41, 5.74) is 3.15. The Morgan fingerprint density at radius 3 is 2.62 bits per heavy atom. The van der Waals surface area contributed by atoms with E-state index < -0.39 is 0 Å². The molecular weight excluding hydrogens is 368 g/mol. The standard InChI is InChI=1S/C22H28N4O3/c1-29-14-20(28)26-12-9-18-21(24-15-23-18)22(26)17-7-10-25(11-8-17)19(27)13-16-5-3-2-4-6-16/h2-6,15,17,22H,7-14H2,1H3,(H,23,24). The maximum atomic E-state index is 12.7. The molecule has 0 aliphatic carbocycles. The fourth-order valence-corrected chi connectivity index (χ4v) is 4.62. The Kier molecular flexibility index (Phi) is 5.94. The van der Waals surface area contributed by atoms with Gasteiger partial charge in [-0.3, -0.25) is 9.59 Å². The van der Waals surface area contributed by atoms with E-state index in [1.807, 2.05) is 40.1 Å². The number of carbonyl (C=O) groups is 2. The third-order valence-electron chi connectivity index (χ3n) is 6.10. The van der Waals surface area contributed by atoms with Crippen molar-refractivity contribution in [2.45, 2.75) is 31.7 Å². The molecule has 0 bridgehead atoms. The lowest BCUT2D eigenvalue weighted by Crippen LogP contribution is -2.48. The van der Waals surface area contributed by atoms with Gasteiger partial charge in [0, 0.05) is 38.9 Å². The molecule has 0 saturated carbocycles. The predicted molar refractivity (Wildman–Crippen MR) is 108 cm³/mol. The minimum atomic E-state index is -0.0426. The zero-order valence-electron chi connectivity index (χ0n) is 16.8. The van der Waals surface area contributed by atoms with Gasteiger partial charge in [-0.25, -0.2) is 4.98 Å². The summed E-state index contributed by atoms with van der Waals surface area (Å²) in [7, 11) is 1.55. The summed E-state index contributed by atoms with van der Waals surface area (Å²) >= 11 is 0. The van der Waals surface area contributed by atoms with E-state index in [1.165, 1.54) is 0 Å². The Morgan fingerprint density at radius 2 is 1.90 bits per heavy atom. The van der Waals surface area contributed by atoms with E-state index in [2.05, 4.69) is 9.97 Å². The zero-order valence-corrected chi connectivity index (χ0v) is 16.8. The third-order valence-corrected chi connectivity index (χ3v) is 6.10. The second kappa shape index (κ2) is 8.78. The molecule has 29 heavy (non-hydrogen) atoms. The van der Waals surface area contributed by atoms with Gasteiger partial charge in [0.05, 0.1) is 24.5 Å². The summed E-state index contributed by atoms with van der Waals surface area (Å²) in [6.45, 7) is 2.21. The largest absolute Gasteiger partial charge is 0.375 e. The highest BCUT2D eigenvalue weighted by Crippen LogP contribution is 2.38. The first-order valence-corrected chi connectivity index (χ1v) is 10.3. The van der Waals surface area contributed by atoms with Crippen LogP contribution in [0, 0.1) is 5.92 Å². The van der Waals surface area contributed by atoms with E-state index in [1.54, 1.807) is 13.4 Å². The quantitative estimate of drug-likeness (QED) is 0.838. The number of hydrogen-bond donors (Lipinski definition) is 1. The molecule has 2 aliphatic heterocycles. The molecule has 2 aliphatic rings. The molecule has 1 saturated heterocycles. The van der Waals surface area contributed by atoms with Crippen LogP contribution in [0.2, 0.25) is 0 Å². The van der Waals surface area contributed by atoms with Crippen molar-refractivity contribution in [2.75, 3.05) is 33.4 Å². The Morgan fingerprint density at radius 1 is 1.14 bits per heavy atom. The molecule has 2 amide bonds. The molecule has 1 aromatic carbocycles. The number of benzene rings is 1. The number of hydrogen-bond acceptors (Lipinski definition) is 4. The van der Waals surface area contributed by atoms with Crippen LogP contribution < -0.4 is 0 Å². The number of methoxy groups -OCH3 is 1. The molecule has 1 unspecified atom stereocenters. The second-order valence-corrected chi connectivity index (χ2v) is 7.86. The van der Waals surface area contributed by atoms with Crippen LogP contribution in [-0.4, -0.2) is 64.9 Å². The van der Waals surface area contributed by atoms with E-state index in [4.69, 9.17) is 4.74 Å². The number of rotatable bonds is 5. The number of nitrogens with one attached hydrogen (secondary N) is 1. The van der Waals surface area contributed by atoms with Crippen molar-refractivity contribution in [1.29, 1.82) is 0 Å². The highest BCUT2D eigenvalue weighted by atomic mass is 16.5. The van der Waals surface area contributed by atoms with Crippen LogP contribution >= 0.6 is 0 Å². The van der Waals surface area contributed by atoms with E-state index in [9.17, 15) is 9.59 Å². The maximum Gasteiger partial charge on any atom is 0.249 e. The number of carbonyl (C=O) groups excluding carboxylic acids is 2. The number of fused-ring (bicyclic) bond motifs is 1. The maximum absolute atomic E-state index is 12.7. The first-order valence-electron chi connectivity index (χ1n) is 10.3. The van der Waals surface area contributed by atoms with Crippen molar-refractivity contribution in [3.8, 4) is 0 Å². The van der Waals surface area contributed by atoms with E-state index in [0.29, 0.717) is 18.9 Å². The highest BCUT2D eigenvalue weighted by molar-refractivity contribution is 5.79. The smallest absolute Gasteiger partial charge is 0.249 e. The molecule has 2 aromatic rings. The normalized spacial score (nSPS) is 19.8. The van der Waals surface area contributed by atoms with Crippen LogP contribution in [0.25, 0.3) is 0 Å². The van der Waals surface area contributed by atoms with Gasteiger partial charge >= 0.3 is 0 Å². The number of H-pyrrole nitrogens is 1. The van der Waals surface area contributed by atoms with Crippen LogP contribution in [0.5, 0.6) is 0 Å². The molecule has 0 spiro atoms. The molecule has 4 rings (SSSR count). The average molecular weight is 396 g/mol. The number of amides is 2. The minimum Gasteiger partial charge on any atom is -0.375 e. The summed E-state index contributed by atoms with van der Waals surface area (Å²) in [6.07, 6.45) is 4.69. The molecule has 7 nitrogen and oxygen atoms in total. The van der Waals surface area contributed by atoms with Gasteiger partial charge in [-0.05, 0) is 24.3 Å². The number of imidazole rings is 1. The van der Waals surface area contributed by atoms with Crippen molar-refractivity contribution < 1.29 is 14.3 Å². The number of ether oxygens (including phenoxy) is 1. The molecule has 154 valence electrons. The number of piperidine rings is 1. The second-order valence-electron chi connectivity index (χ2n) is 7.86. The lowest BCUT2D eigenvalue weighted by molar-refractivity contribution is -0.141. The number of aromatic amines is 1. The highest BCUT2D eigenvalue weighted by Gasteiger charge is 2.39. The molecule has 1 fully saturated rings. The zero-order chi connectivity index (χ0) is 20.2. The van der Waals surface area contributed by atoms with E-state index >= 15 is 0 Å². The molecule has 3 heterocycles. The molecule has 0 radical (unpaired) electrons. The summed E-state index contributed by atoms with van der Waals surface area (Å²) in [6, 6.07) is 9.83. The van der Waals surface area contributed by atoms with Crippen molar-refractivity contribution in [1.82, 2.24) is 19.8 Å². The predicted octanol–water partition coefficient (Wildman–Crippen LogP) is 1.96. The first-order chi connectivity index (χ1) is 14.2. The van der Waals surface area contributed by atoms with Gasteiger partial charge in [0.1, 0.15) is 6.61 Å². The monoisotopic (exact) mass is 396 g/mol. The van der Waals surface area contributed by atoms with Gasteiger partial charge < -0.3 is 19.5 Å². The number of aromatic nitrogens is 2. The van der Waals surface area contributed by atoms with Crippen molar-refractivity contribution in [3.05, 3.63) is 53.6 Å². The lowest BCUT2D eigenvalue weighted by Gasteiger charge is -2.43. The summed E-state index contributed by atoms with van der Waals surface area (Å²) in [4.78, 5) is 37.0. The SMILES string of the molecule is COCC(=O)N1CCc2[nH]cnc2C1C1CCN(C(=O)Cc2ccccc2)CC1. The summed E-state index contributed by atoms with van der Waals surface area (Å²) in [5, 5.41) is 0. The van der Waals surface area contributed by atoms with Crippen molar-refractivity contribution in [2.24, 2.45) is 5.92 Å². The Bertz CT molecular complexity index is 843. The van der Waals surface area contributed by atoms with E-state index in [-0.39, 0.29) is 24.5 Å². The van der Waals surface area contributed by atoms with Gasteiger partial charge in [-0.2, -0.15) is 0 Å². The van der Waals surface area contributed by atoms with Crippen molar-refractivity contribution in [3.63, 3.8) is 0 Å². The van der Waals surface area contributed by atoms with Crippen LogP contribution in [0.3, 0.4) is 0 Å². The summed E-state index contributed by atoms with van der Waals surface area (Å²) in [5.74, 6) is 0.471. The van der Waals surface area contributed by atoms with Crippen LogP contribution in [0.1, 0.15) is 35.8 Å². The Hall–Kier alpha value is -2.67. The van der Waals surface area contributed by atoms with Crippen LogP contribution in [0.4, 0.5) is 0 Å².